The Labute approximate surface area is 104 Å². The minimum Gasteiger partial charge on any atom is -0.381 e. The highest BCUT2D eigenvalue weighted by Gasteiger charge is 2.50. The Morgan fingerprint density at radius 2 is 2.06 bits per heavy atom. The summed E-state index contributed by atoms with van der Waals surface area (Å²) in [7, 11) is 0. The van der Waals surface area contributed by atoms with Gasteiger partial charge in [0.1, 0.15) is 0 Å². The van der Waals surface area contributed by atoms with Crippen LogP contribution in [-0.4, -0.2) is 31.3 Å². The van der Waals surface area contributed by atoms with Crippen molar-refractivity contribution in [2.75, 3.05) is 19.8 Å². The Balaban J connectivity index is 1.74. The number of hydrogen-bond donors (Lipinski definition) is 0. The Bertz CT molecular complexity index is 228. The first-order valence-corrected chi connectivity index (χ1v) is 6.94. The predicted molar refractivity (Wildman–Crippen MR) is 65.9 cm³/mol. The molecule has 0 bridgehead atoms. The van der Waals surface area contributed by atoms with E-state index in [1.807, 2.05) is 0 Å². The molecule has 0 aromatic heterocycles. The third kappa shape index (κ3) is 2.39. The van der Waals surface area contributed by atoms with E-state index in [0.29, 0.717) is 17.4 Å². The number of ether oxygens (including phenoxy) is 2. The molecule has 2 rings (SSSR count). The summed E-state index contributed by atoms with van der Waals surface area (Å²) in [5, 5.41) is 0.303. The van der Waals surface area contributed by atoms with E-state index in [2.05, 4.69) is 13.8 Å². The second-order valence-electron chi connectivity index (χ2n) is 5.44. The molecule has 0 spiro atoms. The van der Waals surface area contributed by atoms with Crippen LogP contribution in [0.2, 0.25) is 0 Å². The van der Waals surface area contributed by atoms with Crippen molar-refractivity contribution < 1.29 is 9.47 Å². The summed E-state index contributed by atoms with van der Waals surface area (Å²) in [5.74, 6) is 0.698. The fraction of sp³-hybridized carbons (Fsp3) is 1.00. The molecule has 0 N–H and O–H groups in total. The molecular formula is C13H23ClO2. The van der Waals surface area contributed by atoms with Crippen LogP contribution < -0.4 is 0 Å². The van der Waals surface area contributed by atoms with Gasteiger partial charge in [0.25, 0.3) is 0 Å². The van der Waals surface area contributed by atoms with Crippen molar-refractivity contribution in [3.63, 3.8) is 0 Å². The Morgan fingerprint density at radius 3 is 2.62 bits per heavy atom. The summed E-state index contributed by atoms with van der Waals surface area (Å²) in [6, 6.07) is 0. The maximum Gasteiger partial charge on any atom is 0.0657 e. The second-order valence-corrected chi connectivity index (χ2v) is 5.97. The summed E-state index contributed by atoms with van der Waals surface area (Å²) < 4.78 is 11.4. The van der Waals surface area contributed by atoms with Gasteiger partial charge in [-0.25, -0.2) is 0 Å². The minimum absolute atomic E-state index is 0.201. The van der Waals surface area contributed by atoms with Crippen LogP contribution in [0, 0.1) is 11.3 Å². The normalized spacial score (nSPS) is 40.7. The first-order chi connectivity index (χ1) is 7.66. The lowest BCUT2D eigenvalue weighted by molar-refractivity contribution is -0.116. The molecule has 0 aromatic rings. The number of hydrogen-bond acceptors (Lipinski definition) is 2. The van der Waals surface area contributed by atoms with E-state index in [1.165, 1.54) is 0 Å². The van der Waals surface area contributed by atoms with Gasteiger partial charge in [-0.05, 0) is 31.6 Å². The maximum absolute atomic E-state index is 6.27. The Hall–Kier alpha value is 0.210. The molecule has 1 saturated heterocycles. The van der Waals surface area contributed by atoms with Crippen molar-refractivity contribution in [2.24, 2.45) is 11.3 Å². The van der Waals surface area contributed by atoms with Crippen LogP contribution in [0.5, 0.6) is 0 Å². The largest absolute Gasteiger partial charge is 0.381 e. The van der Waals surface area contributed by atoms with Crippen molar-refractivity contribution in [3.8, 4) is 0 Å². The summed E-state index contributed by atoms with van der Waals surface area (Å²) in [6.07, 6.45) is 4.82. The van der Waals surface area contributed by atoms with Crippen molar-refractivity contribution >= 4 is 11.6 Å². The fourth-order valence-corrected chi connectivity index (χ4v) is 3.10. The van der Waals surface area contributed by atoms with Crippen molar-refractivity contribution in [2.45, 2.75) is 51.0 Å². The molecule has 3 atom stereocenters. The summed E-state index contributed by atoms with van der Waals surface area (Å²) >= 11 is 6.27. The van der Waals surface area contributed by atoms with Crippen LogP contribution in [-0.2, 0) is 9.47 Å². The lowest BCUT2D eigenvalue weighted by Gasteiger charge is -2.51. The van der Waals surface area contributed by atoms with Crippen molar-refractivity contribution in [1.29, 1.82) is 0 Å². The van der Waals surface area contributed by atoms with Crippen LogP contribution in [0.3, 0.4) is 0 Å². The zero-order valence-electron chi connectivity index (χ0n) is 10.4. The molecule has 2 nitrogen and oxygen atoms in total. The summed E-state index contributed by atoms with van der Waals surface area (Å²) in [6.45, 7) is 7.17. The molecule has 2 aliphatic rings. The number of alkyl halides is 1. The highest BCUT2D eigenvalue weighted by atomic mass is 35.5. The molecule has 1 saturated carbocycles. The van der Waals surface area contributed by atoms with Gasteiger partial charge in [0.05, 0.1) is 6.10 Å². The molecule has 2 fully saturated rings. The standard InChI is InChI=1S/C13H23ClO2/c1-3-13(2)11(14)8-12(13)16-9-10-4-6-15-7-5-10/h10-12H,3-9H2,1-2H3. The zero-order valence-corrected chi connectivity index (χ0v) is 11.1. The van der Waals surface area contributed by atoms with E-state index < -0.39 is 0 Å². The van der Waals surface area contributed by atoms with Crippen LogP contribution in [0.15, 0.2) is 0 Å². The van der Waals surface area contributed by atoms with Crippen LogP contribution in [0.4, 0.5) is 0 Å². The van der Waals surface area contributed by atoms with E-state index in [-0.39, 0.29) is 5.41 Å². The Morgan fingerprint density at radius 1 is 1.38 bits per heavy atom. The maximum atomic E-state index is 6.27. The highest BCUT2D eigenvalue weighted by Crippen LogP contribution is 2.49. The molecule has 0 radical (unpaired) electrons. The van der Waals surface area contributed by atoms with E-state index in [1.54, 1.807) is 0 Å². The molecule has 3 heteroatoms. The third-order valence-electron chi connectivity index (χ3n) is 4.51. The molecule has 1 aliphatic carbocycles. The van der Waals surface area contributed by atoms with Gasteiger partial charge in [0, 0.05) is 30.6 Å². The number of halogens is 1. The van der Waals surface area contributed by atoms with Crippen LogP contribution >= 0.6 is 11.6 Å². The molecule has 16 heavy (non-hydrogen) atoms. The van der Waals surface area contributed by atoms with Gasteiger partial charge in [0.2, 0.25) is 0 Å². The van der Waals surface area contributed by atoms with Crippen molar-refractivity contribution in [1.82, 2.24) is 0 Å². The van der Waals surface area contributed by atoms with Gasteiger partial charge < -0.3 is 9.47 Å². The highest BCUT2D eigenvalue weighted by molar-refractivity contribution is 6.21. The van der Waals surface area contributed by atoms with E-state index in [9.17, 15) is 0 Å². The molecule has 1 aliphatic heterocycles. The molecular weight excluding hydrogens is 224 g/mol. The molecule has 0 aromatic carbocycles. The van der Waals surface area contributed by atoms with Gasteiger partial charge in [-0.1, -0.05) is 13.8 Å². The van der Waals surface area contributed by atoms with Gasteiger partial charge in [-0.15, -0.1) is 11.6 Å². The lowest BCUT2D eigenvalue weighted by Crippen LogP contribution is -2.53. The van der Waals surface area contributed by atoms with Crippen molar-refractivity contribution in [3.05, 3.63) is 0 Å². The van der Waals surface area contributed by atoms with E-state index in [4.69, 9.17) is 21.1 Å². The van der Waals surface area contributed by atoms with Gasteiger partial charge in [0.15, 0.2) is 0 Å². The number of rotatable bonds is 4. The smallest absolute Gasteiger partial charge is 0.0657 e. The molecule has 94 valence electrons. The monoisotopic (exact) mass is 246 g/mol. The van der Waals surface area contributed by atoms with E-state index in [0.717, 1.165) is 45.5 Å². The molecule has 0 amide bonds. The topological polar surface area (TPSA) is 18.5 Å². The average molecular weight is 247 g/mol. The first kappa shape index (κ1) is 12.7. The Kier molecular flexibility index (Phi) is 4.15. The zero-order chi connectivity index (χ0) is 11.6. The first-order valence-electron chi connectivity index (χ1n) is 6.50. The van der Waals surface area contributed by atoms with Gasteiger partial charge in [-0.3, -0.25) is 0 Å². The van der Waals surface area contributed by atoms with Crippen LogP contribution in [0.1, 0.15) is 39.5 Å². The quantitative estimate of drug-likeness (QED) is 0.709. The third-order valence-corrected chi connectivity index (χ3v) is 5.18. The minimum atomic E-state index is 0.201. The van der Waals surface area contributed by atoms with E-state index >= 15 is 0 Å². The summed E-state index contributed by atoms with van der Waals surface area (Å²) in [5.41, 5.74) is 0.201. The molecule has 3 unspecified atom stereocenters. The predicted octanol–water partition coefficient (Wildman–Crippen LogP) is 3.23. The fourth-order valence-electron chi connectivity index (χ4n) is 2.64. The van der Waals surface area contributed by atoms with Gasteiger partial charge >= 0.3 is 0 Å². The van der Waals surface area contributed by atoms with Crippen LogP contribution in [0.25, 0.3) is 0 Å². The summed E-state index contributed by atoms with van der Waals surface area (Å²) in [4.78, 5) is 0. The second kappa shape index (κ2) is 5.24. The molecule has 1 heterocycles. The van der Waals surface area contributed by atoms with Gasteiger partial charge in [-0.2, -0.15) is 0 Å². The SMILES string of the molecule is CCC1(C)C(Cl)CC1OCC1CCOCC1. The average Bonchev–Trinajstić information content (AvgIpc) is 2.34. The lowest BCUT2D eigenvalue weighted by atomic mass is 9.65.